The van der Waals surface area contributed by atoms with E-state index in [2.05, 4.69) is 46.9 Å². The first-order chi connectivity index (χ1) is 13.3. The van der Waals surface area contributed by atoms with E-state index in [9.17, 15) is 0 Å². The van der Waals surface area contributed by atoms with Crippen LogP contribution in [-0.2, 0) is 18.9 Å². The van der Waals surface area contributed by atoms with Crippen molar-refractivity contribution in [1.82, 2.24) is 0 Å². The summed E-state index contributed by atoms with van der Waals surface area (Å²) in [5.74, 6) is 0. The van der Waals surface area contributed by atoms with Gasteiger partial charge < -0.3 is 18.9 Å². The maximum Gasteiger partial charge on any atom is 0.158 e. The van der Waals surface area contributed by atoms with Crippen LogP contribution in [0.25, 0.3) is 0 Å². The van der Waals surface area contributed by atoms with Crippen LogP contribution in [0.5, 0.6) is 0 Å². The largest absolute Gasteiger partial charge is 0.382 e. The van der Waals surface area contributed by atoms with Crippen molar-refractivity contribution in [1.29, 1.82) is 0 Å². The molecule has 0 bridgehead atoms. The molecule has 0 aromatic heterocycles. The molecule has 2 aromatic rings. The van der Waals surface area contributed by atoms with Crippen molar-refractivity contribution >= 4 is 22.6 Å². The minimum absolute atomic E-state index is 0.166. The number of hydrogen-bond donors (Lipinski definition) is 0. The Bertz CT molecular complexity index is 652. The molecule has 146 valence electrons. The Balaban J connectivity index is 1.91. The Labute approximate surface area is 175 Å². The third-order valence-corrected chi connectivity index (χ3v) is 5.64. The smallest absolute Gasteiger partial charge is 0.158 e. The van der Waals surface area contributed by atoms with E-state index in [0.29, 0.717) is 13.2 Å². The molecule has 0 radical (unpaired) electrons. The second kappa shape index (κ2) is 11.1. The van der Waals surface area contributed by atoms with Gasteiger partial charge in [-0.1, -0.05) is 83.3 Å². The van der Waals surface area contributed by atoms with Crippen LogP contribution in [0, 0.1) is 0 Å². The van der Waals surface area contributed by atoms with Gasteiger partial charge in [0.1, 0.15) is 12.2 Å². The molecule has 1 aliphatic heterocycles. The lowest BCUT2D eigenvalue weighted by molar-refractivity contribution is -0.230. The van der Waals surface area contributed by atoms with E-state index < -0.39 is 0 Å². The molecule has 0 spiro atoms. The van der Waals surface area contributed by atoms with Crippen molar-refractivity contribution in [2.24, 2.45) is 0 Å². The van der Waals surface area contributed by atoms with E-state index in [4.69, 9.17) is 18.9 Å². The Morgan fingerprint density at radius 2 is 1.44 bits per heavy atom. The van der Waals surface area contributed by atoms with E-state index in [1.807, 2.05) is 36.4 Å². The molecule has 3 rings (SSSR count). The van der Waals surface area contributed by atoms with Crippen LogP contribution in [0.4, 0.5) is 0 Å². The van der Waals surface area contributed by atoms with Gasteiger partial charge in [-0.2, -0.15) is 0 Å². The predicted octanol–water partition coefficient (Wildman–Crippen LogP) is 5.09. The minimum atomic E-state index is -0.272. The molecule has 5 heteroatoms. The number of hydrogen-bond acceptors (Lipinski definition) is 4. The first-order valence-corrected chi connectivity index (χ1v) is 10.9. The van der Waals surface area contributed by atoms with Crippen molar-refractivity contribution < 1.29 is 18.9 Å². The minimum Gasteiger partial charge on any atom is -0.382 e. The van der Waals surface area contributed by atoms with Crippen molar-refractivity contribution in [2.75, 3.05) is 24.8 Å². The van der Waals surface area contributed by atoms with E-state index in [-0.39, 0.29) is 24.6 Å². The lowest BCUT2D eigenvalue weighted by Gasteiger charge is -2.36. The summed E-state index contributed by atoms with van der Waals surface area (Å²) in [4.78, 5) is 0. The number of halogens is 1. The van der Waals surface area contributed by atoms with Crippen molar-refractivity contribution in [3.05, 3.63) is 71.8 Å². The molecule has 1 fully saturated rings. The lowest BCUT2D eigenvalue weighted by atomic mass is 9.96. The summed E-state index contributed by atoms with van der Waals surface area (Å²) in [6.45, 7) is 1.08. The van der Waals surface area contributed by atoms with Gasteiger partial charge in [-0.3, -0.25) is 0 Å². The molecule has 0 unspecified atom stereocenters. The Morgan fingerprint density at radius 3 is 2.00 bits per heavy atom. The van der Waals surface area contributed by atoms with E-state index in [0.717, 1.165) is 28.4 Å². The zero-order valence-corrected chi connectivity index (χ0v) is 17.8. The summed E-state index contributed by atoms with van der Waals surface area (Å²) in [5, 5.41) is 0. The molecule has 0 saturated carbocycles. The molecule has 27 heavy (non-hydrogen) atoms. The Hall–Kier alpha value is -0.990. The highest BCUT2D eigenvalue weighted by molar-refractivity contribution is 14.1. The number of rotatable bonds is 7. The summed E-state index contributed by atoms with van der Waals surface area (Å²) < 4.78 is 25.1. The third kappa shape index (κ3) is 5.99. The summed E-state index contributed by atoms with van der Waals surface area (Å²) in [6.07, 6.45) is 1.20. The molecule has 1 saturated heterocycles. The van der Waals surface area contributed by atoms with Gasteiger partial charge in [0.05, 0.1) is 19.3 Å². The standard InChI is InChI=1S/C22H27IO4/c1-24-14-15-25-20-13-12-19(16-23)26-21(17-8-4-2-5-9-17)22(27-20)18-10-6-3-7-11-18/h2-11,19-22H,12-16H2,1H3/t19-,20-,21-,22-/m1/s1. The normalized spacial score (nSPS) is 26.3. The van der Waals surface area contributed by atoms with Gasteiger partial charge in [-0.15, -0.1) is 0 Å². The van der Waals surface area contributed by atoms with Crippen molar-refractivity contribution in [3.8, 4) is 0 Å². The monoisotopic (exact) mass is 482 g/mol. The SMILES string of the molecule is COCCO[C@H]1CC[C@H](CI)O[C@H](c2ccccc2)[C@@H](c2ccccc2)O1. The first-order valence-electron chi connectivity index (χ1n) is 9.39. The second-order valence-corrected chi connectivity index (χ2v) is 7.46. The highest BCUT2D eigenvalue weighted by atomic mass is 127. The van der Waals surface area contributed by atoms with Crippen LogP contribution in [0.1, 0.15) is 36.2 Å². The number of methoxy groups -OCH3 is 1. The predicted molar refractivity (Wildman–Crippen MR) is 114 cm³/mol. The van der Waals surface area contributed by atoms with Crippen LogP contribution < -0.4 is 0 Å². The Kier molecular flexibility index (Phi) is 8.54. The first kappa shape index (κ1) is 20.7. The summed E-state index contributed by atoms with van der Waals surface area (Å²) in [5.41, 5.74) is 2.22. The lowest BCUT2D eigenvalue weighted by Crippen LogP contribution is -2.33. The second-order valence-electron chi connectivity index (χ2n) is 6.58. The molecule has 0 amide bonds. The zero-order valence-electron chi connectivity index (χ0n) is 15.6. The van der Waals surface area contributed by atoms with Gasteiger partial charge >= 0.3 is 0 Å². The van der Waals surface area contributed by atoms with Gasteiger partial charge in [0.2, 0.25) is 0 Å². The quantitative estimate of drug-likeness (QED) is 0.313. The maximum atomic E-state index is 6.55. The molecule has 4 nitrogen and oxygen atoms in total. The van der Waals surface area contributed by atoms with Crippen molar-refractivity contribution in [2.45, 2.75) is 37.4 Å². The summed E-state index contributed by atoms with van der Waals surface area (Å²) in [6, 6.07) is 20.6. The van der Waals surface area contributed by atoms with Gasteiger partial charge in [0.15, 0.2) is 6.29 Å². The topological polar surface area (TPSA) is 36.9 Å². The van der Waals surface area contributed by atoms with Gasteiger partial charge in [-0.25, -0.2) is 0 Å². The fourth-order valence-electron chi connectivity index (χ4n) is 3.26. The third-order valence-electron chi connectivity index (χ3n) is 4.66. The molecular formula is C22H27IO4. The van der Waals surface area contributed by atoms with E-state index in [1.165, 1.54) is 0 Å². The van der Waals surface area contributed by atoms with Gasteiger partial charge in [0, 0.05) is 18.0 Å². The summed E-state index contributed by atoms with van der Waals surface area (Å²) in [7, 11) is 1.68. The van der Waals surface area contributed by atoms with Crippen LogP contribution >= 0.6 is 22.6 Å². The van der Waals surface area contributed by atoms with Crippen LogP contribution in [0.3, 0.4) is 0 Å². The molecule has 0 N–H and O–H groups in total. The zero-order chi connectivity index (χ0) is 18.9. The summed E-state index contributed by atoms with van der Waals surface area (Å²) >= 11 is 2.40. The molecule has 0 aliphatic carbocycles. The van der Waals surface area contributed by atoms with E-state index in [1.54, 1.807) is 7.11 Å². The highest BCUT2D eigenvalue weighted by Crippen LogP contribution is 2.40. The highest BCUT2D eigenvalue weighted by Gasteiger charge is 2.34. The fraction of sp³-hybridized carbons (Fsp3) is 0.455. The van der Waals surface area contributed by atoms with Crippen LogP contribution in [0.2, 0.25) is 0 Å². The molecule has 1 aliphatic rings. The van der Waals surface area contributed by atoms with Crippen molar-refractivity contribution in [3.63, 3.8) is 0 Å². The number of ether oxygens (including phenoxy) is 4. The van der Waals surface area contributed by atoms with Gasteiger partial charge in [-0.05, 0) is 17.5 Å². The van der Waals surface area contributed by atoms with Crippen LogP contribution in [0.15, 0.2) is 60.7 Å². The van der Waals surface area contributed by atoms with E-state index >= 15 is 0 Å². The molecule has 2 aromatic carbocycles. The Morgan fingerprint density at radius 1 is 0.852 bits per heavy atom. The van der Waals surface area contributed by atoms with Crippen LogP contribution in [-0.4, -0.2) is 37.1 Å². The number of benzene rings is 2. The molecule has 4 atom stereocenters. The molecule has 1 heterocycles. The molecular weight excluding hydrogens is 455 g/mol. The fourth-order valence-corrected chi connectivity index (χ4v) is 3.91. The number of alkyl halides is 1. The average Bonchev–Trinajstić information content (AvgIpc) is 2.71. The van der Waals surface area contributed by atoms with Gasteiger partial charge in [0.25, 0.3) is 0 Å². The maximum absolute atomic E-state index is 6.55. The average molecular weight is 482 g/mol.